The van der Waals surface area contributed by atoms with Gasteiger partial charge < -0.3 is 4.90 Å². The van der Waals surface area contributed by atoms with Crippen LogP contribution < -0.4 is 0 Å². The van der Waals surface area contributed by atoms with Gasteiger partial charge in [-0.3, -0.25) is 0 Å². The second-order valence-electron chi connectivity index (χ2n) is 9.72. The molecule has 0 atom stereocenters. The fraction of sp³-hybridized carbons (Fsp3) is 0.613. The smallest absolute Gasteiger partial charge is 0.00218 e. The lowest BCUT2D eigenvalue weighted by atomic mass is 10.0. The van der Waals surface area contributed by atoms with E-state index in [9.17, 15) is 0 Å². The maximum atomic E-state index is 2.56. The number of hydrogen-bond donors (Lipinski definition) is 0. The first-order valence-electron chi connectivity index (χ1n) is 13.6. The molecule has 0 aliphatic heterocycles. The van der Waals surface area contributed by atoms with Crippen LogP contribution in [0, 0.1) is 0 Å². The molecule has 0 aliphatic carbocycles. The second-order valence-corrected chi connectivity index (χ2v) is 9.72. The highest BCUT2D eigenvalue weighted by atomic mass is 15.1. The van der Waals surface area contributed by atoms with Crippen molar-refractivity contribution in [3.63, 3.8) is 0 Å². The lowest BCUT2D eigenvalue weighted by Crippen LogP contribution is -2.20. The Kier molecular flexibility index (Phi) is 15.8. The summed E-state index contributed by atoms with van der Waals surface area (Å²) in [6.45, 7) is 2.57. The largest absolute Gasteiger partial charge is 0.306 e. The third kappa shape index (κ3) is 14.5. The van der Waals surface area contributed by atoms with E-state index in [-0.39, 0.29) is 0 Å². The van der Waals surface area contributed by atoms with Crippen molar-refractivity contribution >= 4 is 0 Å². The van der Waals surface area contributed by atoms with Crippen molar-refractivity contribution < 1.29 is 0 Å². The predicted octanol–water partition coefficient (Wildman–Crippen LogP) is 8.87. The van der Waals surface area contributed by atoms with Gasteiger partial charge in [-0.2, -0.15) is 0 Å². The van der Waals surface area contributed by atoms with Gasteiger partial charge in [0.25, 0.3) is 0 Å². The molecule has 0 unspecified atom stereocenters. The Morgan fingerprint density at radius 1 is 0.406 bits per heavy atom. The summed E-state index contributed by atoms with van der Waals surface area (Å²) in [7, 11) is 2.31. The zero-order valence-electron chi connectivity index (χ0n) is 20.9. The molecule has 0 N–H and O–H groups in total. The summed E-state index contributed by atoms with van der Waals surface area (Å²) < 4.78 is 0. The molecule has 0 aromatic heterocycles. The molecule has 0 bridgehead atoms. The van der Waals surface area contributed by atoms with E-state index >= 15 is 0 Å². The third-order valence-electron chi connectivity index (χ3n) is 6.70. The fourth-order valence-corrected chi connectivity index (χ4v) is 4.59. The molecule has 2 aromatic carbocycles. The number of hydrogen-bond acceptors (Lipinski definition) is 1. The molecule has 0 aliphatic rings. The minimum atomic E-state index is 1.25. The number of aryl methyl sites for hydroxylation is 2. The number of nitrogens with zero attached hydrogens (tertiary/aromatic N) is 1. The minimum Gasteiger partial charge on any atom is -0.306 e. The first kappa shape index (κ1) is 26.7. The molecule has 2 rings (SSSR count). The zero-order valence-corrected chi connectivity index (χ0v) is 20.9. The van der Waals surface area contributed by atoms with Gasteiger partial charge in [-0.1, -0.05) is 125 Å². The molecule has 178 valence electrons. The average Bonchev–Trinajstić information content (AvgIpc) is 2.83. The third-order valence-corrected chi connectivity index (χ3v) is 6.70. The van der Waals surface area contributed by atoms with Crippen molar-refractivity contribution in [2.75, 3.05) is 20.1 Å². The zero-order chi connectivity index (χ0) is 22.5. The summed E-state index contributed by atoms with van der Waals surface area (Å²) in [6, 6.07) is 21.9. The van der Waals surface area contributed by atoms with E-state index in [1.165, 1.54) is 127 Å². The van der Waals surface area contributed by atoms with Crippen molar-refractivity contribution in [3.05, 3.63) is 71.8 Å². The topological polar surface area (TPSA) is 3.24 Å². The standard InChI is InChI=1S/C31H49N/c1-32(28-20-10-6-2-4-8-14-22-30-24-16-12-17-25-30)29-21-11-7-3-5-9-15-23-31-26-18-13-19-27-31/h12-13,16-19,24-27H,2-11,14-15,20-23,28-29H2,1H3. The van der Waals surface area contributed by atoms with Gasteiger partial charge in [-0.15, -0.1) is 0 Å². The van der Waals surface area contributed by atoms with Gasteiger partial charge in [0, 0.05) is 0 Å². The lowest BCUT2D eigenvalue weighted by molar-refractivity contribution is 0.314. The maximum Gasteiger partial charge on any atom is -0.00218 e. The molecule has 0 heterocycles. The van der Waals surface area contributed by atoms with Gasteiger partial charge in [0.05, 0.1) is 0 Å². The van der Waals surface area contributed by atoms with Crippen LogP contribution in [0.1, 0.15) is 101 Å². The summed E-state index contributed by atoms with van der Waals surface area (Å²) in [5.41, 5.74) is 2.99. The number of benzene rings is 2. The van der Waals surface area contributed by atoms with Crippen molar-refractivity contribution in [2.45, 2.75) is 103 Å². The lowest BCUT2D eigenvalue weighted by Gasteiger charge is -2.16. The van der Waals surface area contributed by atoms with Gasteiger partial charge in [-0.05, 0) is 69.8 Å². The van der Waals surface area contributed by atoms with E-state index in [2.05, 4.69) is 72.6 Å². The van der Waals surface area contributed by atoms with Crippen LogP contribution in [0.3, 0.4) is 0 Å². The van der Waals surface area contributed by atoms with Crippen LogP contribution >= 0.6 is 0 Å². The Morgan fingerprint density at radius 2 is 0.719 bits per heavy atom. The Balaban J connectivity index is 1.27. The van der Waals surface area contributed by atoms with Gasteiger partial charge in [0.2, 0.25) is 0 Å². The van der Waals surface area contributed by atoms with Crippen LogP contribution in [0.15, 0.2) is 60.7 Å². The highest BCUT2D eigenvalue weighted by Crippen LogP contribution is 2.12. The van der Waals surface area contributed by atoms with E-state index in [1.54, 1.807) is 0 Å². The van der Waals surface area contributed by atoms with E-state index in [0.717, 1.165) is 0 Å². The molecule has 1 heteroatoms. The Labute approximate surface area is 199 Å². The van der Waals surface area contributed by atoms with Crippen molar-refractivity contribution in [2.24, 2.45) is 0 Å². The van der Waals surface area contributed by atoms with Crippen LogP contribution in [0.25, 0.3) is 0 Å². The molecular formula is C31H49N. The average molecular weight is 436 g/mol. The quantitative estimate of drug-likeness (QED) is 0.188. The molecule has 1 nitrogen and oxygen atoms in total. The van der Waals surface area contributed by atoms with Crippen molar-refractivity contribution in [3.8, 4) is 0 Å². The molecule has 2 aromatic rings. The van der Waals surface area contributed by atoms with E-state index in [4.69, 9.17) is 0 Å². The molecule has 0 saturated heterocycles. The number of rotatable bonds is 20. The molecule has 0 fully saturated rings. The van der Waals surface area contributed by atoms with E-state index < -0.39 is 0 Å². The Bertz CT molecular complexity index is 579. The number of unbranched alkanes of at least 4 members (excludes halogenated alkanes) is 12. The van der Waals surface area contributed by atoms with Crippen LogP contribution in [-0.4, -0.2) is 25.0 Å². The molecule has 0 radical (unpaired) electrons. The molecule has 32 heavy (non-hydrogen) atoms. The highest BCUT2D eigenvalue weighted by molar-refractivity contribution is 5.15. The molecule has 0 spiro atoms. The summed E-state index contributed by atoms with van der Waals surface area (Å²) in [6.07, 6.45) is 22.1. The van der Waals surface area contributed by atoms with Gasteiger partial charge in [0.1, 0.15) is 0 Å². The van der Waals surface area contributed by atoms with E-state index in [1.807, 2.05) is 0 Å². The second kappa shape index (κ2) is 18.9. The summed E-state index contributed by atoms with van der Waals surface area (Å²) >= 11 is 0. The molecule has 0 amide bonds. The Morgan fingerprint density at radius 3 is 1.09 bits per heavy atom. The fourth-order valence-electron chi connectivity index (χ4n) is 4.59. The molecule has 0 saturated carbocycles. The first-order chi connectivity index (χ1) is 15.8. The summed E-state index contributed by atoms with van der Waals surface area (Å²) in [5.74, 6) is 0. The highest BCUT2D eigenvalue weighted by Gasteiger charge is 2.00. The van der Waals surface area contributed by atoms with Gasteiger partial charge in [0.15, 0.2) is 0 Å². The predicted molar refractivity (Wildman–Crippen MR) is 142 cm³/mol. The van der Waals surface area contributed by atoms with Gasteiger partial charge in [-0.25, -0.2) is 0 Å². The van der Waals surface area contributed by atoms with Crippen molar-refractivity contribution in [1.82, 2.24) is 4.90 Å². The van der Waals surface area contributed by atoms with Crippen molar-refractivity contribution in [1.29, 1.82) is 0 Å². The van der Waals surface area contributed by atoms with Crippen LogP contribution in [0.4, 0.5) is 0 Å². The normalized spacial score (nSPS) is 11.3. The first-order valence-corrected chi connectivity index (χ1v) is 13.6. The SMILES string of the molecule is CN(CCCCCCCCCc1ccccc1)CCCCCCCCCc1ccccc1. The minimum absolute atomic E-state index is 1.25. The van der Waals surface area contributed by atoms with Gasteiger partial charge >= 0.3 is 0 Å². The van der Waals surface area contributed by atoms with Crippen LogP contribution in [0.5, 0.6) is 0 Å². The summed E-state index contributed by atoms with van der Waals surface area (Å²) in [4.78, 5) is 2.56. The molecular weight excluding hydrogens is 386 g/mol. The van der Waals surface area contributed by atoms with Crippen LogP contribution in [0.2, 0.25) is 0 Å². The monoisotopic (exact) mass is 435 g/mol. The summed E-state index contributed by atoms with van der Waals surface area (Å²) in [5, 5.41) is 0. The Hall–Kier alpha value is -1.60. The maximum absolute atomic E-state index is 2.56. The van der Waals surface area contributed by atoms with Crippen LogP contribution in [-0.2, 0) is 12.8 Å². The van der Waals surface area contributed by atoms with E-state index in [0.29, 0.717) is 0 Å².